The van der Waals surface area contributed by atoms with Gasteiger partial charge in [0.05, 0.1) is 12.8 Å². The predicted octanol–water partition coefficient (Wildman–Crippen LogP) is 0.685. The summed E-state index contributed by atoms with van der Waals surface area (Å²) in [5.41, 5.74) is 0.242. The van der Waals surface area contributed by atoms with Crippen molar-refractivity contribution in [3.63, 3.8) is 0 Å². The fourth-order valence-electron chi connectivity index (χ4n) is 0.894. The number of rotatable bonds is 8. The Hall–Kier alpha value is -2.44. The van der Waals surface area contributed by atoms with E-state index in [-0.39, 0.29) is 31.6 Å². The first-order valence-corrected chi connectivity index (χ1v) is 5.72. The van der Waals surface area contributed by atoms with Gasteiger partial charge < -0.3 is 14.2 Å². The SMILES string of the molecule is C=CC(=O)OC(=O)CCC(=O)OCCOC(=O)C(=C)C. The Morgan fingerprint density at radius 1 is 1.00 bits per heavy atom. The van der Waals surface area contributed by atoms with Crippen LogP contribution in [-0.2, 0) is 33.4 Å². The maximum atomic E-state index is 11.2. The van der Waals surface area contributed by atoms with E-state index in [1.807, 2.05) is 0 Å². The van der Waals surface area contributed by atoms with Crippen molar-refractivity contribution >= 4 is 23.9 Å². The number of hydrogen-bond acceptors (Lipinski definition) is 7. The Labute approximate surface area is 116 Å². The molecule has 0 radical (unpaired) electrons. The summed E-state index contributed by atoms with van der Waals surface area (Å²) in [4.78, 5) is 43.9. The first-order valence-electron chi connectivity index (χ1n) is 5.72. The lowest BCUT2D eigenvalue weighted by atomic mass is 10.3. The number of esters is 4. The Morgan fingerprint density at radius 2 is 1.55 bits per heavy atom. The van der Waals surface area contributed by atoms with Crippen LogP contribution in [0.2, 0.25) is 0 Å². The number of hydrogen-bond donors (Lipinski definition) is 0. The third-order valence-corrected chi connectivity index (χ3v) is 1.84. The molecule has 7 heteroatoms. The molecule has 0 aromatic rings. The Kier molecular flexibility index (Phi) is 8.33. The van der Waals surface area contributed by atoms with Gasteiger partial charge in [-0.3, -0.25) is 9.59 Å². The molecule has 0 aliphatic carbocycles. The van der Waals surface area contributed by atoms with Gasteiger partial charge in [0.2, 0.25) is 0 Å². The van der Waals surface area contributed by atoms with Gasteiger partial charge in [-0.1, -0.05) is 13.2 Å². The molecule has 0 spiro atoms. The van der Waals surface area contributed by atoms with E-state index in [0.717, 1.165) is 6.08 Å². The minimum Gasteiger partial charge on any atom is -0.462 e. The first-order chi connectivity index (χ1) is 9.36. The third kappa shape index (κ3) is 8.62. The zero-order valence-electron chi connectivity index (χ0n) is 11.2. The highest BCUT2D eigenvalue weighted by Crippen LogP contribution is 1.97. The predicted molar refractivity (Wildman–Crippen MR) is 67.3 cm³/mol. The van der Waals surface area contributed by atoms with Crippen LogP contribution in [-0.4, -0.2) is 37.1 Å². The van der Waals surface area contributed by atoms with E-state index in [0.29, 0.717) is 0 Å². The van der Waals surface area contributed by atoms with Crippen LogP contribution in [0.3, 0.4) is 0 Å². The highest BCUT2D eigenvalue weighted by atomic mass is 16.6. The van der Waals surface area contributed by atoms with E-state index < -0.39 is 23.9 Å². The highest BCUT2D eigenvalue weighted by Gasteiger charge is 2.11. The number of carbonyl (C=O) groups excluding carboxylic acids is 4. The van der Waals surface area contributed by atoms with Gasteiger partial charge in [0.25, 0.3) is 0 Å². The second-order valence-electron chi connectivity index (χ2n) is 3.63. The summed E-state index contributed by atoms with van der Waals surface area (Å²) in [7, 11) is 0. The monoisotopic (exact) mass is 284 g/mol. The van der Waals surface area contributed by atoms with Crippen LogP contribution in [0.4, 0.5) is 0 Å². The normalized spacial score (nSPS) is 9.25. The summed E-state index contributed by atoms with van der Waals surface area (Å²) in [6, 6.07) is 0. The van der Waals surface area contributed by atoms with Crippen LogP contribution in [0.5, 0.6) is 0 Å². The van der Waals surface area contributed by atoms with Gasteiger partial charge in [0.15, 0.2) is 0 Å². The molecule has 0 saturated heterocycles. The quantitative estimate of drug-likeness (QED) is 0.213. The molecular formula is C13H16O7. The largest absolute Gasteiger partial charge is 0.462 e. The van der Waals surface area contributed by atoms with Crippen LogP contribution >= 0.6 is 0 Å². The average Bonchev–Trinajstić information content (AvgIpc) is 2.40. The first kappa shape index (κ1) is 17.6. The molecule has 0 unspecified atom stereocenters. The van der Waals surface area contributed by atoms with Gasteiger partial charge in [0.1, 0.15) is 13.2 Å². The van der Waals surface area contributed by atoms with E-state index in [1.165, 1.54) is 6.92 Å². The molecule has 0 aromatic carbocycles. The van der Waals surface area contributed by atoms with Crippen molar-refractivity contribution in [1.82, 2.24) is 0 Å². The third-order valence-electron chi connectivity index (χ3n) is 1.84. The fourth-order valence-corrected chi connectivity index (χ4v) is 0.894. The Balaban J connectivity index is 3.71. The summed E-state index contributed by atoms with van der Waals surface area (Å²) < 4.78 is 13.6. The van der Waals surface area contributed by atoms with Crippen LogP contribution in [0.25, 0.3) is 0 Å². The summed E-state index contributed by atoms with van der Waals surface area (Å²) in [6.45, 7) is 7.76. The number of carbonyl (C=O) groups is 4. The Morgan fingerprint density at radius 3 is 2.10 bits per heavy atom. The molecule has 0 bridgehead atoms. The molecule has 0 aromatic heterocycles. The van der Waals surface area contributed by atoms with Crippen molar-refractivity contribution < 1.29 is 33.4 Å². The topological polar surface area (TPSA) is 96.0 Å². The van der Waals surface area contributed by atoms with Gasteiger partial charge in [-0.25, -0.2) is 9.59 Å². The van der Waals surface area contributed by atoms with Crippen molar-refractivity contribution in [2.24, 2.45) is 0 Å². The zero-order chi connectivity index (χ0) is 15.5. The molecule has 0 aliphatic heterocycles. The van der Waals surface area contributed by atoms with E-state index in [4.69, 9.17) is 4.74 Å². The van der Waals surface area contributed by atoms with E-state index in [9.17, 15) is 19.2 Å². The lowest BCUT2D eigenvalue weighted by molar-refractivity contribution is -0.158. The molecule has 0 saturated carbocycles. The maximum absolute atomic E-state index is 11.2. The van der Waals surface area contributed by atoms with Crippen molar-refractivity contribution in [2.45, 2.75) is 19.8 Å². The van der Waals surface area contributed by atoms with E-state index in [1.54, 1.807) is 0 Å². The minimum absolute atomic E-state index is 0.100. The van der Waals surface area contributed by atoms with Crippen LogP contribution < -0.4 is 0 Å². The van der Waals surface area contributed by atoms with Crippen LogP contribution in [0, 0.1) is 0 Å². The molecular weight excluding hydrogens is 268 g/mol. The Bertz CT molecular complexity index is 422. The summed E-state index contributed by atoms with van der Waals surface area (Å²) in [6.07, 6.45) is 0.313. The van der Waals surface area contributed by atoms with Gasteiger partial charge in [0, 0.05) is 11.6 Å². The standard InChI is InChI=1S/C13H16O7/c1-4-10(14)20-12(16)6-5-11(15)18-7-8-19-13(17)9(2)3/h4H,1-2,5-8H2,3H3. The van der Waals surface area contributed by atoms with E-state index in [2.05, 4.69) is 22.6 Å². The summed E-state index contributed by atoms with van der Waals surface area (Å²) in [5, 5.41) is 0. The lowest BCUT2D eigenvalue weighted by Gasteiger charge is -2.05. The van der Waals surface area contributed by atoms with Crippen molar-refractivity contribution in [1.29, 1.82) is 0 Å². The van der Waals surface area contributed by atoms with E-state index >= 15 is 0 Å². The maximum Gasteiger partial charge on any atom is 0.337 e. The highest BCUT2D eigenvalue weighted by molar-refractivity contribution is 5.92. The second kappa shape index (κ2) is 9.48. The molecule has 7 nitrogen and oxygen atoms in total. The molecule has 0 atom stereocenters. The molecule has 0 heterocycles. The minimum atomic E-state index is -0.880. The van der Waals surface area contributed by atoms with Gasteiger partial charge >= 0.3 is 23.9 Å². The van der Waals surface area contributed by atoms with Crippen molar-refractivity contribution in [3.8, 4) is 0 Å². The number of ether oxygens (including phenoxy) is 3. The molecule has 0 fully saturated rings. The van der Waals surface area contributed by atoms with Crippen molar-refractivity contribution in [2.75, 3.05) is 13.2 Å². The summed E-state index contributed by atoms with van der Waals surface area (Å²) >= 11 is 0. The molecule has 110 valence electrons. The zero-order valence-corrected chi connectivity index (χ0v) is 11.2. The van der Waals surface area contributed by atoms with Gasteiger partial charge in [-0.2, -0.15) is 0 Å². The van der Waals surface area contributed by atoms with Gasteiger partial charge in [-0.15, -0.1) is 0 Å². The molecule has 0 rings (SSSR count). The molecule has 0 amide bonds. The molecule has 20 heavy (non-hydrogen) atoms. The van der Waals surface area contributed by atoms with Crippen molar-refractivity contribution in [3.05, 3.63) is 24.8 Å². The molecule has 0 aliphatic rings. The van der Waals surface area contributed by atoms with Crippen LogP contribution in [0.15, 0.2) is 24.8 Å². The fraction of sp³-hybridized carbons (Fsp3) is 0.385. The summed E-state index contributed by atoms with van der Waals surface area (Å²) in [5.74, 6) is -2.97. The second-order valence-corrected chi connectivity index (χ2v) is 3.63. The average molecular weight is 284 g/mol. The van der Waals surface area contributed by atoms with Crippen LogP contribution in [0.1, 0.15) is 19.8 Å². The smallest absolute Gasteiger partial charge is 0.337 e. The van der Waals surface area contributed by atoms with Gasteiger partial charge in [-0.05, 0) is 6.92 Å². The lowest BCUT2D eigenvalue weighted by Crippen LogP contribution is -2.16. The molecule has 0 N–H and O–H groups in total.